The third-order valence-corrected chi connectivity index (χ3v) is 0.957. The number of esters is 1. The Morgan fingerprint density at radius 1 is 1.67 bits per heavy atom. The zero-order valence-corrected chi connectivity index (χ0v) is 6.18. The molecule has 2 nitrogen and oxygen atoms in total. The van der Waals surface area contributed by atoms with Crippen molar-refractivity contribution in [3.05, 3.63) is 6.42 Å². The molecule has 0 saturated heterocycles. The highest BCUT2D eigenvalue weighted by Gasteiger charge is 2.01. The van der Waals surface area contributed by atoms with Gasteiger partial charge in [-0.2, -0.15) is 0 Å². The van der Waals surface area contributed by atoms with Gasteiger partial charge in [-0.25, -0.2) is 0 Å². The van der Waals surface area contributed by atoms with E-state index in [1.165, 1.54) is 7.11 Å². The number of carbonyl (C=O) groups is 1. The normalized spacial score (nSPS) is 9.78. The molecule has 0 fully saturated rings. The second-order valence-electron chi connectivity index (χ2n) is 2.36. The Bertz CT molecular complexity index is 86.9. The second kappa shape index (κ2) is 4.36. The molecule has 0 atom stereocenters. The summed E-state index contributed by atoms with van der Waals surface area (Å²) < 4.78 is 4.41. The molecule has 0 aliphatic heterocycles. The fourth-order valence-corrected chi connectivity index (χ4v) is 0.415. The lowest BCUT2D eigenvalue weighted by atomic mass is 10.1. The van der Waals surface area contributed by atoms with Crippen molar-refractivity contribution < 1.29 is 9.53 Å². The minimum Gasteiger partial charge on any atom is -0.469 e. The molecule has 0 unspecified atom stereocenters. The van der Waals surface area contributed by atoms with Gasteiger partial charge in [0.2, 0.25) is 0 Å². The average Bonchev–Trinajstić information content (AvgIpc) is 1.83. The quantitative estimate of drug-likeness (QED) is 0.538. The van der Waals surface area contributed by atoms with Crippen molar-refractivity contribution in [3.8, 4) is 0 Å². The first-order valence-corrected chi connectivity index (χ1v) is 3.08. The highest BCUT2D eigenvalue weighted by molar-refractivity contribution is 5.78. The fourth-order valence-electron chi connectivity index (χ4n) is 0.415. The van der Waals surface area contributed by atoms with Crippen molar-refractivity contribution in [2.24, 2.45) is 5.92 Å². The molecule has 0 N–H and O–H groups in total. The van der Waals surface area contributed by atoms with E-state index in [2.05, 4.69) is 18.6 Å². The van der Waals surface area contributed by atoms with Gasteiger partial charge >= 0.3 is 5.97 Å². The summed E-state index contributed by atoms with van der Waals surface area (Å²) in [7, 11) is 1.39. The van der Waals surface area contributed by atoms with Gasteiger partial charge in [0, 0.05) is 0 Å². The van der Waals surface area contributed by atoms with Gasteiger partial charge in [0.1, 0.15) is 0 Å². The van der Waals surface area contributed by atoms with Crippen molar-refractivity contribution >= 4 is 5.97 Å². The summed E-state index contributed by atoms with van der Waals surface area (Å²) in [5, 5.41) is 0. The van der Waals surface area contributed by atoms with Gasteiger partial charge < -0.3 is 4.74 Å². The molecular weight excluding hydrogens is 116 g/mol. The highest BCUT2D eigenvalue weighted by Crippen LogP contribution is 2.02. The molecule has 0 amide bonds. The fraction of sp³-hybridized carbons (Fsp3) is 0.714. The molecule has 0 heterocycles. The lowest BCUT2D eigenvalue weighted by molar-refractivity contribution is -0.136. The van der Waals surface area contributed by atoms with Crippen molar-refractivity contribution in [3.63, 3.8) is 0 Å². The minimum atomic E-state index is -0.233. The predicted molar refractivity (Wildman–Crippen MR) is 35.8 cm³/mol. The molecule has 0 saturated carbocycles. The summed E-state index contributed by atoms with van der Waals surface area (Å²) in [6.45, 7) is 4.11. The van der Waals surface area contributed by atoms with Crippen LogP contribution in [-0.2, 0) is 9.53 Å². The van der Waals surface area contributed by atoms with E-state index in [0.29, 0.717) is 5.92 Å². The Balaban J connectivity index is 3.17. The van der Waals surface area contributed by atoms with Crippen LogP contribution in [0, 0.1) is 12.3 Å². The summed E-state index contributed by atoms with van der Waals surface area (Å²) in [6.07, 6.45) is 2.36. The third kappa shape index (κ3) is 5.34. The predicted octanol–water partition coefficient (Wildman–Crippen LogP) is 1.41. The van der Waals surface area contributed by atoms with Crippen LogP contribution in [0.15, 0.2) is 0 Å². The van der Waals surface area contributed by atoms with E-state index in [9.17, 15) is 4.79 Å². The van der Waals surface area contributed by atoms with Crippen molar-refractivity contribution in [2.75, 3.05) is 7.11 Å². The summed E-state index contributed by atoms with van der Waals surface area (Å²) in [6, 6.07) is 0. The van der Waals surface area contributed by atoms with Gasteiger partial charge in [-0.15, -0.1) is 0 Å². The van der Waals surface area contributed by atoms with Gasteiger partial charge in [0.15, 0.2) is 0 Å². The maximum Gasteiger partial charge on any atom is 0.309 e. The molecule has 2 heteroatoms. The molecule has 1 radical (unpaired) electrons. The standard InChI is InChI=1S/C7H13O2/c1-6(2)4-5-7(8)9-3/h5-6H,4H2,1-3H3. The Labute approximate surface area is 56.2 Å². The monoisotopic (exact) mass is 129 g/mol. The first kappa shape index (κ1) is 8.47. The van der Waals surface area contributed by atoms with Gasteiger partial charge in [-0.3, -0.25) is 4.79 Å². The Morgan fingerprint density at radius 2 is 2.22 bits per heavy atom. The number of rotatable bonds is 3. The van der Waals surface area contributed by atoms with E-state index >= 15 is 0 Å². The van der Waals surface area contributed by atoms with Crippen LogP contribution in [0.5, 0.6) is 0 Å². The summed E-state index contributed by atoms with van der Waals surface area (Å²) in [5.74, 6) is 0.299. The number of methoxy groups -OCH3 is 1. The minimum absolute atomic E-state index is 0.233. The van der Waals surface area contributed by atoms with E-state index in [-0.39, 0.29) is 5.97 Å². The molecule has 0 aromatic rings. The van der Waals surface area contributed by atoms with E-state index < -0.39 is 0 Å². The zero-order chi connectivity index (χ0) is 7.28. The van der Waals surface area contributed by atoms with Crippen molar-refractivity contribution in [1.29, 1.82) is 0 Å². The van der Waals surface area contributed by atoms with Crippen LogP contribution in [0.2, 0.25) is 0 Å². The van der Waals surface area contributed by atoms with Crippen LogP contribution in [0.1, 0.15) is 20.3 Å². The molecule has 0 spiro atoms. The first-order chi connectivity index (χ1) is 4.16. The van der Waals surface area contributed by atoms with Gasteiger partial charge in [0.05, 0.1) is 13.5 Å². The number of carbonyl (C=O) groups excluding carboxylic acids is 1. The van der Waals surface area contributed by atoms with E-state index in [1.54, 1.807) is 6.42 Å². The largest absolute Gasteiger partial charge is 0.469 e. The number of ether oxygens (including phenoxy) is 1. The summed E-state index contributed by atoms with van der Waals surface area (Å²) in [5.41, 5.74) is 0. The van der Waals surface area contributed by atoms with Gasteiger partial charge in [-0.05, 0) is 12.3 Å². The van der Waals surface area contributed by atoms with Crippen LogP contribution < -0.4 is 0 Å². The molecule has 0 aliphatic carbocycles. The van der Waals surface area contributed by atoms with E-state index in [1.807, 2.05) is 0 Å². The molecule has 0 aromatic heterocycles. The zero-order valence-electron chi connectivity index (χ0n) is 6.18. The van der Waals surface area contributed by atoms with Crippen LogP contribution in [0.25, 0.3) is 0 Å². The van der Waals surface area contributed by atoms with E-state index in [0.717, 1.165) is 6.42 Å². The topological polar surface area (TPSA) is 26.3 Å². The smallest absolute Gasteiger partial charge is 0.309 e. The molecule has 0 aromatic carbocycles. The summed E-state index contributed by atoms with van der Waals surface area (Å²) >= 11 is 0. The lowest BCUT2D eigenvalue weighted by Gasteiger charge is -2.00. The second-order valence-corrected chi connectivity index (χ2v) is 2.36. The van der Waals surface area contributed by atoms with Crippen molar-refractivity contribution in [2.45, 2.75) is 20.3 Å². The number of hydrogen-bond donors (Lipinski definition) is 0. The van der Waals surface area contributed by atoms with Crippen LogP contribution >= 0.6 is 0 Å². The average molecular weight is 129 g/mol. The van der Waals surface area contributed by atoms with Crippen LogP contribution in [0.3, 0.4) is 0 Å². The molecule has 0 bridgehead atoms. The molecular formula is C7H13O2. The van der Waals surface area contributed by atoms with Gasteiger partial charge in [-0.1, -0.05) is 13.8 Å². The van der Waals surface area contributed by atoms with Gasteiger partial charge in [0.25, 0.3) is 0 Å². The molecule has 0 rings (SSSR count). The molecule has 9 heavy (non-hydrogen) atoms. The number of hydrogen-bond acceptors (Lipinski definition) is 2. The Kier molecular flexibility index (Phi) is 4.10. The lowest BCUT2D eigenvalue weighted by Crippen LogP contribution is -2.02. The van der Waals surface area contributed by atoms with E-state index in [4.69, 9.17) is 0 Å². The Hall–Kier alpha value is -0.530. The molecule has 0 aliphatic rings. The summed E-state index contributed by atoms with van der Waals surface area (Å²) in [4.78, 5) is 10.4. The highest BCUT2D eigenvalue weighted by atomic mass is 16.5. The SMILES string of the molecule is COC(=O)[CH]CC(C)C. The Morgan fingerprint density at radius 3 is 2.56 bits per heavy atom. The van der Waals surface area contributed by atoms with Crippen LogP contribution in [-0.4, -0.2) is 13.1 Å². The molecule has 53 valence electrons. The maximum atomic E-state index is 10.4. The van der Waals surface area contributed by atoms with Crippen LogP contribution in [0.4, 0.5) is 0 Å². The first-order valence-electron chi connectivity index (χ1n) is 3.08. The van der Waals surface area contributed by atoms with Crippen molar-refractivity contribution in [1.82, 2.24) is 0 Å². The third-order valence-electron chi connectivity index (χ3n) is 0.957. The maximum absolute atomic E-state index is 10.4.